The molecule has 13 heteroatoms. The Morgan fingerprint density at radius 3 is 2.73 bits per heavy atom. The second kappa shape index (κ2) is 7.25. The third-order valence-electron chi connectivity index (χ3n) is 4.88. The minimum atomic E-state index is -4.99. The highest BCUT2D eigenvalue weighted by molar-refractivity contribution is 6.06. The van der Waals surface area contributed by atoms with E-state index in [1.165, 1.54) is 36.5 Å². The molecule has 0 aliphatic carbocycles. The van der Waals surface area contributed by atoms with Gasteiger partial charge >= 0.3 is 6.18 Å². The molecule has 5 aromatic rings. The highest BCUT2D eigenvalue weighted by Gasteiger charge is 2.41. The van der Waals surface area contributed by atoms with Gasteiger partial charge in [0, 0.05) is 22.7 Å². The molecule has 0 unspecified atom stereocenters. The highest BCUT2D eigenvalue weighted by Crippen LogP contribution is 2.35. The van der Waals surface area contributed by atoms with Crippen molar-refractivity contribution in [2.75, 3.05) is 5.32 Å². The molecule has 0 atom stereocenters. The molecule has 2 aromatic carbocycles. The molecule has 9 nitrogen and oxygen atoms in total. The van der Waals surface area contributed by atoms with Gasteiger partial charge in [-0.15, -0.1) is 0 Å². The van der Waals surface area contributed by atoms with Crippen LogP contribution in [0.15, 0.2) is 58.2 Å². The van der Waals surface area contributed by atoms with Crippen LogP contribution in [0.1, 0.15) is 16.1 Å². The topological polar surface area (TPSA) is 119 Å². The molecule has 3 aromatic heterocycles. The van der Waals surface area contributed by atoms with Crippen molar-refractivity contribution in [2.45, 2.75) is 6.18 Å². The second-order valence-corrected chi connectivity index (χ2v) is 6.91. The molecule has 2 N–H and O–H groups in total. The van der Waals surface area contributed by atoms with Gasteiger partial charge in [0.05, 0.1) is 17.4 Å². The number of amides is 1. The van der Waals surface area contributed by atoms with Crippen molar-refractivity contribution in [1.29, 1.82) is 0 Å². The van der Waals surface area contributed by atoms with Gasteiger partial charge in [-0.1, -0.05) is 6.07 Å². The summed E-state index contributed by atoms with van der Waals surface area (Å²) in [5, 5.41) is 13.1. The zero-order valence-corrected chi connectivity index (χ0v) is 16.1. The van der Waals surface area contributed by atoms with Gasteiger partial charge in [0.2, 0.25) is 0 Å². The van der Waals surface area contributed by atoms with Gasteiger partial charge in [-0.2, -0.15) is 18.3 Å². The van der Waals surface area contributed by atoms with E-state index in [0.29, 0.717) is 4.68 Å². The first kappa shape index (κ1) is 20.4. The van der Waals surface area contributed by atoms with Gasteiger partial charge in [0.25, 0.3) is 11.5 Å². The number of pyridine rings is 1. The quantitative estimate of drug-likeness (QED) is 0.399. The molecular formula is C20H10F4N6O3. The van der Waals surface area contributed by atoms with E-state index >= 15 is 0 Å². The zero-order chi connectivity index (χ0) is 23.3. The monoisotopic (exact) mass is 458 g/mol. The van der Waals surface area contributed by atoms with E-state index in [2.05, 4.69) is 30.3 Å². The number of carbonyl (C=O) groups is 1. The molecule has 5 rings (SSSR count). The fourth-order valence-corrected chi connectivity index (χ4v) is 3.48. The fraction of sp³-hybridized carbons (Fsp3) is 0.0500. The van der Waals surface area contributed by atoms with E-state index in [4.69, 9.17) is 0 Å². The van der Waals surface area contributed by atoms with E-state index < -0.39 is 34.7 Å². The Balaban J connectivity index is 1.62. The first-order chi connectivity index (χ1) is 15.7. The van der Waals surface area contributed by atoms with Crippen LogP contribution in [0.3, 0.4) is 0 Å². The number of nitrogens with one attached hydrogen (secondary N) is 2. The summed E-state index contributed by atoms with van der Waals surface area (Å²) in [4.78, 5) is 27.2. The Hall–Kier alpha value is -4.55. The van der Waals surface area contributed by atoms with Crippen LogP contribution in [-0.2, 0) is 6.18 Å². The normalized spacial score (nSPS) is 11.9. The van der Waals surface area contributed by atoms with E-state index in [-0.39, 0.29) is 33.2 Å². The smallest absolute Gasteiger partial charge is 0.329 e. The lowest BCUT2D eigenvalue weighted by molar-refractivity contribution is -0.143. The van der Waals surface area contributed by atoms with Crippen molar-refractivity contribution in [2.24, 2.45) is 0 Å². The molecule has 0 saturated carbocycles. The van der Waals surface area contributed by atoms with Crippen LogP contribution in [0.4, 0.5) is 23.2 Å². The minimum absolute atomic E-state index is 0.0296. The van der Waals surface area contributed by atoms with Gasteiger partial charge in [-0.05, 0) is 40.6 Å². The summed E-state index contributed by atoms with van der Waals surface area (Å²) in [5.74, 6) is -2.06. The average molecular weight is 458 g/mol. The number of hydrogen-bond donors (Lipinski definition) is 2. The number of hydrogen-bond acceptors (Lipinski definition) is 6. The number of aromatic nitrogens is 5. The van der Waals surface area contributed by atoms with Crippen LogP contribution in [0.2, 0.25) is 0 Å². The Morgan fingerprint density at radius 1 is 1.12 bits per heavy atom. The lowest BCUT2D eigenvalue weighted by Gasteiger charge is -2.14. The van der Waals surface area contributed by atoms with Crippen LogP contribution >= 0.6 is 0 Å². The third-order valence-corrected chi connectivity index (χ3v) is 4.88. The van der Waals surface area contributed by atoms with Gasteiger partial charge < -0.3 is 10.3 Å². The summed E-state index contributed by atoms with van der Waals surface area (Å²) >= 11 is 0. The van der Waals surface area contributed by atoms with Gasteiger partial charge in [0.15, 0.2) is 17.0 Å². The van der Waals surface area contributed by atoms with E-state index in [0.717, 1.165) is 12.3 Å². The van der Waals surface area contributed by atoms with Crippen molar-refractivity contribution in [3.8, 4) is 5.69 Å². The molecule has 3 heterocycles. The predicted octanol–water partition coefficient (Wildman–Crippen LogP) is 3.66. The second-order valence-electron chi connectivity index (χ2n) is 6.91. The third kappa shape index (κ3) is 3.39. The number of benzene rings is 2. The number of rotatable bonds is 3. The average Bonchev–Trinajstić information content (AvgIpc) is 3.41. The van der Waals surface area contributed by atoms with Crippen molar-refractivity contribution >= 4 is 33.4 Å². The number of halogens is 4. The molecule has 0 aliphatic rings. The van der Waals surface area contributed by atoms with Crippen LogP contribution in [0.5, 0.6) is 0 Å². The molecule has 0 spiro atoms. The maximum atomic E-state index is 14.1. The summed E-state index contributed by atoms with van der Waals surface area (Å²) in [6, 6.07) is 7.69. The molecule has 1 amide bonds. The number of fused-ring (bicyclic) bond motifs is 2. The zero-order valence-electron chi connectivity index (χ0n) is 16.1. The SMILES string of the molecule is O=C(Nc1cc(F)c2nonc2c1)c1cnn(-c2cccc3c(=O)[nH]ccc23)c1C(F)(F)F. The number of aromatic amines is 1. The van der Waals surface area contributed by atoms with Crippen LogP contribution in [-0.4, -0.2) is 31.0 Å². The standard InChI is InChI=1S/C20H10F4N6O3/c21-13-6-9(7-14-16(13)29-33-28-14)27-19(32)12-8-26-30(17(12)20(22,23)24)15-3-1-2-11-10(15)4-5-25-18(11)31/h1-8H,(H,25,31)(H,27,32). The van der Waals surface area contributed by atoms with Crippen molar-refractivity contribution in [3.05, 3.63) is 76.2 Å². The molecule has 166 valence electrons. The molecule has 0 radical (unpaired) electrons. The molecule has 33 heavy (non-hydrogen) atoms. The van der Waals surface area contributed by atoms with Gasteiger partial charge in [0.1, 0.15) is 5.52 Å². The van der Waals surface area contributed by atoms with Crippen LogP contribution in [0, 0.1) is 5.82 Å². The Morgan fingerprint density at radius 2 is 1.94 bits per heavy atom. The minimum Gasteiger partial charge on any atom is -0.329 e. The summed E-state index contributed by atoms with van der Waals surface area (Å²) in [5.41, 5.74) is -3.08. The highest BCUT2D eigenvalue weighted by atomic mass is 19.4. The predicted molar refractivity (Wildman–Crippen MR) is 106 cm³/mol. The number of anilines is 1. The van der Waals surface area contributed by atoms with Gasteiger partial charge in [-0.25, -0.2) is 13.7 Å². The van der Waals surface area contributed by atoms with Crippen LogP contribution < -0.4 is 10.9 Å². The first-order valence-corrected chi connectivity index (χ1v) is 9.23. The first-order valence-electron chi connectivity index (χ1n) is 9.23. The van der Waals surface area contributed by atoms with E-state index in [9.17, 15) is 27.2 Å². The summed E-state index contributed by atoms with van der Waals surface area (Å²) < 4.78 is 61.1. The lowest BCUT2D eigenvalue weighted by Crippen LogP contribution is -2.21. The van der Waals surface area contributed by atoms with Crippen molar-refractivity contribution in [1.82, 2.24) is 25.1 Å². The van der Waals surface area contributed by atoms with Crippen LogP contribution in [0.25, 0.3) is 27.5 Å². The summed E-state index contributed by atoms with van der Waals surface area (Å²) in [7, 11) is 0. The Kier molecular flexibility index (Phi) is 4.48. The lowest BCUT2D eigenvalue weighted by atomic mass is 10.1. The fourth-order valence-electron chi connectivity index (χ4n) is 3.48. The van der Waals surface area contributed by atoms with Crippen molar-refractivity contribution < 1.29 is 27.0 Å². The Labute approximate surface area is 179 Å². The molecule has 0 fully saturated rings. The molecular weight excluding hydrogens is 448 g/mol. The molecule has 0 bridgehead atoms. The van der Waals surface area contributed by atoms with E-state index in [1.54, 1.807) is 0 Å². The van der Waals surface area contributed by atoms with E-state index in [1.807, 2.05) is 0 Å². The number of alkyl halides is 3. The largest absolute Gasteiger partial charge is 0.434 e. The molecule has 0 saturated heterocycles. The number of nitrogens with zero attached hydrogens (tertiary/aromatic N) is 4. The number of carbonyl (C=O) groups excluding carboxylic acids is 1. The Bertz CT molecular complexity index is 1600. The number of H-pyrrole nitrogens is 1. The van der Waals surface area contributed by atoms with Gasteiger partial charge in [-0.3, -0.25) is 9.59 Å². The maximum absolute atomic E-state index is 14.1. The maximum Gasteiger partial charge on any atom is 0.434 e. The summed E-state index contributed by atoms with van der Waals surface area (Å²) in [6.45, 7) is 0. The van der Waals surface area contributed by atoms with Crippen molar-refractivity contribution in [3.63, 3.8) is 0 Å². The molecule has 0 aliphatic heterocycles. The summed E-state index contributed by atoms with van der Waals surface area (Å²) in [6.07, 6.45) is -2.95.